The van der Waals surface area contributed by atoms with Gasteiger partial charge in [0.15, 0.2) is 0 Å². The third-order valence-electron chi connectivity index (χ3n) is 7.24. The van der Waals surface area contributed by atoms with Crippen molar-refractivity contribution in [1.29, 1.82) is 26.3 Å². The molecule has 0 N–H and O–H groups in total. The minimum absolute atomic E-state index is 0.163. The molecule has 0 saturated heterocycles. The summed E-state index contributed by atoms with van der Waals surface area (Å²) in [7, 11) is 0. The van der Waals surface area contributed by atoms with Crippen LogP contribution >= 0.6 is 0 Å². The molecule has 212 valence electrons. The number of halogens is 3. The average molecular weight is 610 g/mol. The maximum absolute atomic E-state index is 15.5. The largest absolute Gasteiger partial charge is 0.270 e. The van der Waals surface area contributed by atoms with Crippen LogP contribution in [0.1, 0.15) is 44.6 Å². The second-order valence-corrected chi connectivity index (χ2v) is 9.34. The monoisotopic (exact) mass is 610 g/mol. The SMILES string of the molecule is [C-]#[N+]C1=C(c2cc(F)c([N+]#[C-])cc2F)/C(=C(/C#N)[N+]#[C-])c2cc3c(c(C#N)c21)C(C#N)=C(c1ccc(C#N)nc1F)/C3=C(\C#N)[N+]#[C-]. The number of allylic oxidation sites excluding steroid dienone is 7. The Morgan fingerprint density at radius 1 is 0.660 bits per heavy atom. The van der Waals surface area contributed by atoms with Gasteiger partial charge in [-0.05, 0) is 52.6 Å². The summed E-state index contributed by atoms with van der Waals surface area (Å²) >= 11 is 0. The van der Waals surface area contributed by atoms with Crippen molar-refractivity contribution in [1.82, 2.24) is 4.98 Å². The van der Waals surface area contributed by atoms with Crippen molar-refractivity contribution in [2.75, 3.05) is 0 Å². The van der Waals surface area contributed by atoms with Crippen molar-refractivity contribution in [3.8, 4) is 30.3 Å². The van der Waals surface area contributed by atoms with E-state index in [-0.39, 0.29) is 39.1 Å². The standard InChI is InChI=1S/C34H5F3N10/c1-43-24-9-22(35)17(8-23(24)36)32-31(26(14-42)45-3)19-7-18-27(21(12-40)29(19)33(32)46-4)20(11-39)28(30(18)25(13-41)44-2)16-6-5-15(10-38)47-34(16)37/h5-9H/b30-25+,31-26-. The smallest absolute Gasteiger partial charge is 0.237 e. The summed E-state index contributed by atoms with van der Waals surface area (Å²) in [5.74, 6) is -3.60. The number of pyridine rings is 1. The van der Waals surface area contributed by atoms with Gasteiger partial charge >= 0.3 is 0 Å². The van der Waals surface area contributed by atoms with Crippen molar-refractivity contribution in [2.45, 2.75) is 0 Å². The van der Waals surface area contributed by atoms with Crippen LogP contribution in [-0.2, 0) is 0 Å². The highest BCUT2D eigenvalue weighted by Crippen LogP contribution is 2.57. The number of aromatic nitrogens is 1. The predicted octanol–water partition coefficient (Wildman–Crippen LogP) is 7.35. The van der Waals surface area contributed by atoms with Crippen LogP contribution in [0.5, 0.6) is 0 Å². The molecule has 10 nitrogen and oxygen atoms in total. The van der Waals surface area contributed by atoms with E-state index in [9.17, 15) is 25.4 Å². The summed E-state index contributed by atoms with van der Waals surface area (Å²) in [5.41, 5.74) is -7.09. The highest BCUT2D eigenvalue weighted by atomic mass is 19.1. The van der Waals surface area contributed by atoms with Crippen molar-refractivity contribution < 1.29 is 13.2 Å². The Morgan fingerprint density at radius 3 is 1.81 bits per heavy atom. The summed E-state index contributed by atoms with van der Waals surface area (Å²) in [5, 5.41) is 49.8. The summed E-state index contributed by atoms with van der Waals surface area (Å²) in [4.78, 5) is 16.3. The molecule has 0 saturated carbocycles. The van der Waals surface area contributed by atoms with Crippen molar-refractivity contribution in [2.24, 2.45) is 0 Å². The molecule has 13 heteroatoms. The Bertz CT molecular complexity index is 2560. The van der Waals surface area contributed by atoms with Gasteiger partial charge in [-0.3, -0.25) is 0 Å². The van der Waals surface area contributed by atoms with Gasteiger partial charge in [-0.25, -0.2) is 43.7 Å². The maximum Gasteiger partial charge on any atom is 0.270 e. The molecular formula is C34H5F3N10. The Hall–Kier alpha value is -8.25. The zero-order valence-corrected chi connectivity index (χ0v) is 23.0. The minimum atomic E-state index is -1.24. The average Bonchev–Trinajstić information content (AvgIpc) is 3.58. The molecule has 47 heavy (non-hydrogen) atoms. The summed E-state index contributed by atoms with van der Waals surface area (Å²) in [6.45, 7) is 30.4. The molecule has 0 aliphatic heterocycles. The minimum Gasteiger partial charge on any atom is -0.237 e. The molecule has 2 aliphatic carbocycles. The van der Waals surface area contributed by atoms with E-state index < -0.39 is 73.8 Å². The zero-order valence-electron chi connectivity index (χ0n) is 23.0. The Kier molecular flexibility index (Phi) is 7.36. The van der Waals surface area contributed by atoms with E-state index in [1.807, 2.05) is 12.1 Å². The molecule has 2 aliphatic rings. The third kappa shape index (κ3) is 4.23. The number of nitrogens with zero attached hydrogens (tertiary/aromatic N) is 10. The molecule has 1 heterocycles. The number of hydrogen-bond acceptors (Lipinski definition) is 6. The lowest BCUT2D eigenvalue weighted by molar-refractivity contribution is 0.579. The number of hydrogen-bond donors (Lipinski definition) is 0. The summed E-state index contributed by atoms with van der Waals surface area (Å²) in [6.07, 6.45) is 0. The normalized spacial score (nSPS) is 14.4. The van der Waals surface area contributed by atoms with Crippen LogP contribution in [0.2, 0.25) is 0 Å². The molecule has 0 amide bonds. The first-order chi connectivity index (χ1) is 22.7. The van der Waals surface area contributed by atoms with Crippen LogP contribution in [0.25, 0.3) is 52.9 Å². The van der Waals surface area contributed by atoms with Gasteiger partial charge in [0.1, 0.15) is 29.5 Å². The first-order valence-electron chi connectivity index (χ1n) is 12.6. The lowest BCUT2D eigenvalue weighted by atomic mass is 9.88. The molecule has 0 atom stereocenters. The van der Waals surface area contributed by atoms with Crippen molar-refractivity contribution in [3.05, 3.63) is 150 Å². The Balaban J connectivity index is 2.05. The van der Waals surface area contributed by atoms with E-state index in [2.05, 4.69) is 24.4 Å². The number of rotatable bonds is 2. The van der Waals surface area contributed by atoms with E-state index in [1.54, 1.807) is 18.2 Å². The zero-order chi connectivity index (χ0) is 34.2. The van der Waals surface area contributed by atoms with Crippen molar-refractivity contribution in [3.63, 3.8) is 0 Å². The molecular weight excluding hydrogens is 605 g/mol. The highest BCUT2D eigenvalue weighted by molar-refractivity contribution is 6.30. The molecule has 0 fully saturated rings. The molecule has 0 unspecified atom stereocenters. The van der Waals surface area contributed by atoms with Crippen LogP contribution < -0.4 is 0 Å². The van der Waals surface area contributed by atoms with Gasteiger partial charge in [-0.1, -0.05) is 0 Å². The van der Waals surface area contributed by atoms with Gasteiger partial charge in [-0.2, -0.15) is 20.2 Å². The lowest BCUT2D eigenvalue weighted by Gasteiger charge is -2.14. The van der Waals surface area contributed by atoms with Gasteiger partial charge in [0, 0.05) is 33.4 Å². The summed E-state index contributed by atoms with van der Waals surface area (Å²) in [6, 6.07) is 13.3. The maximum atomic E-state index is 15.5. The molecule has 0 radical (unpaired) electrons. The number of nitriles is 5. The van der Waals surface area contributed by atoms with Crippen LogP contribution in [0.3, 0.4) is 0 Å². The van der Waals surface area contributed by atoms with Crippen LogP contribution in [0.15, 0.2) is 41.7 Å². The van der Waals surface area contributed by atoms with Crippen molar-refractivity contribution >= 4 is 39.2 Å². The molecule has 2 aromatic carbocycles. The fourth-order valence-corrected chi connectivity index (χ4v) is 5.47. The molecule has 0 spiro atoms. The quantitative estimate of drug-likeness (QED) is 0.168. The first kappa shape index (κ1) is 30.2. The van der Waals surface area contributed by atoms with Crippen LogP contribution in [0, 0.1) is 101 Å². The van der Waals surface area contributed by atoms with Gasteiger partial charge in [0.2, 0.25) is 17.3 Å². The predicted molar refractivity (Wildman–Crippen MR) is 157 cm³/mol. The Labute approximate surface area is 263 Å². The van der Waals surface area contributed by atoms with E-state index in [1.165, 1.54) is 6.07 Å². The van der Waals surface area contributed by atoms with Gasteiger partial charge in [0.25, 0.3) is 11.4 Å². The van der Waals surface area contributed by atoms with E-state index in [0.29, 0.717) is 12.1 Å². The number of benzene rings is 2. The van der Waals surface area contributed by atoms with Gasteiger partial charge in [-0.15, -0.1) is 0 Å². The lowest BCUT2D eigenvalue weighted by Crippen LogP contribution is -2.00. The topological polar surface area (TPSA) is 149 Å². The second kappa shape index (κ2) is 11.4. The Morgan fingerprint density at radius 2 is 1.30 bits per heavy atom. The van der Waals surface area contributed by atoms with Gasteiger partial charge < -0.3 is 0 Å². The van der Waals surface area contributed by atoms with E-state index in [0.717, 1.165) is 12.1 Å². The fraction of sp³-hybridized carbons (Fsp3) is 0. The fourth-order valence-electron chi connectivity index (χ4n) is 5.47. The first-order valence-corrected chi connectivity index (χ1v) is 12.6. The van der Waals surface area contributed by atoms with E-state index >= 15 is 8.78 Å². The molecule has 0 bridgehead atoms. The molecule has 5 rings (SSSR count). The van der Waals surface area contributed by atoms with Crippen LogP contribution in [-0.4, -0.2) is 4.98 Å². The highest BCUT2D eigenvalue weighted by Gasteiger charge is 2.41. The van der Waals surface area contributed by atoms with Gasteiger partial charge in [0.05, 0.1) is 55.6 Å². The van der Waals surface area contributed by atoms with Crippen LogP contribution in [0.4, 0.5) is 18.9 Å². The molecule has 3 aromatic rings. The third-order valence-corrected chi connectivity index (χ3v) is 7.24. The van der Waals surface area contributed by atoms with E-state index in [4.69, 9.17) is 31.6 Å². The number of fused-ring (bicyclic) bond motifs is 2. The second-order valence-electron chi connectivity index (χ2n) is 9.34. The molecule has 1 aromatic heterocycles. The summed E-state index contributed by atoms with van der Waals surface area (Å²) < 4.78 is 45.7.